The van der Waals surface area contributed by atoms with Crippen LogP contribution in [0.15, 0.2) is 11.6 Å². The number of nitrogens with one attached hydrogen (secondary N) is 2. The fraction of sp³-hybridized carbons (Fsp3) is 0.667. The number of rotatable bonds is 5. The molecule has 0 spiro atoms. The first-order valence-corrected chi connectivity index (χ1v) is 4.96. The van der Waals surface area contributed by atoms with Crippen molar-refractivity contribution in [3.8, 4) is 0 Å². The summed E-state index contributed by atoms with van der Waals surface area (Å²) < 4.78 is 0. The van der Waals surface area contributed by atoms with Crippen LogP contribution in [0.2, 0.25) is 0 Å². The summed E-state index contributed by atoms with van der Waals surface area (Å²) in [4.78, 5) is 11.4. The molecule has 1 aliphatic rings. The van der Waals surface area contributed by atoms with E-state index in [0.717, 1.165) is 12.8 Å². The number of carbonyl (C=O) groups is 1. The topological polar surface area (TPSA) is 41.1 Å². The highest BCUT2D eigenvalue weighted by molar-refractivity contribution is 6.25. The van der Waals surface area contributed by atoms with Crippen LogP contribution < -0.4 is 10.6 Å². The molecule has 3 nitrogen and oxygen atoms in total. The molecule has 0 aromatic heterocycles. The summed E-state index contributed by atoms with van der Waals surface area (Å²) >= 11 is 5.34. The lowest BCUT2D eigenvalue weighted by molar-refractivity contribution is -0.122. The lowest BCUT2D eigenvalue weighted by Crippen LogP contribution is -2.43. The Kier molecular flexibility index (Phi) is 4.25. The summed E-state index contributed by atoms with van der Waals surface area (Å²) in [6.45, 7) is 2.47. The van der Waals surface area contributed by atoms with E-state index in [9.17, 15) is 4.79 Å². The van der Waals surface area contributed by atoms with Crippen LogP contribution in [0.4, 0.5) is 0 Å². The lowest BCUT2D eigenvalue weighted by atomic mass is 10.3. The van der Waals surface area contributed by atoms with Crippen molar-refractivity contribution in [1.29, 1.82) is 0 Å². The van der Waals surface area contributed by atoms with E-state index in [1.165, 1.54) is 5.54 Å². The number of amides is 1. The predicted molar refractivity (Wildman–Crippen MR) is 53.6 cm³/mol. The molecule has 2 N–H and O–H groups in total. The Hall–Kier alpha value is -0.540. The molecule has 1 atom stereocenters. The van der Waals surface area contributed by atoms with Crippen LogP contribution in [0.3, 0.4) is 0 Å². The molecule has 1 unspecified atom stereocenters. The quantitative estimate of drug-likeness (QED) is 0.699. The van der Waals surface area contributed by atoms with Gasteiger partial charge in [-0.05, 0) is 19.8 Å². The maximum absolute atomic E-state index is 11.4. The Morgan fingerprint density at radius 1 is 1.69 bits per heavy atom. The third-order valence-electron chi connectivity index (χ3n) is 1.95. The highest BCUT2D eigenvalue weighted by Gasteiger charge is 2.25. The van der Waals surface area contributed by atoms with Crippen molar-refractivity contribution in [1.82, 2.24) is 10.6 Å². The Labute approximate surface area is 83.5 Å². The number of halogens is 1. The van der Waals surface area contributed by atoms with Gasteiger partial charge in [0.2, 0.25) is 5.91 Å². The highest BCUT2D eigenvalue weighted by atomic mass is 35.5. The molecule has 0 saturated heterocycles. The van der Waals surface area contributed by atoms with Gasteiger partial charge in [0.15, 0.2) is 0 Å². The average molecular weight is 203 g/mol. The summed E-state index contributed by atoms with van der Waals surface area (Å²) in [5.74, 6) is 0.0745. The lowest BCUT2D eigenvalue weighted by Gasteiger charge is -2.11. The van der Waals surface area contributed by atoms with Gasteiger partial charge in [-0.15, -0.1) is 0 Å². The van der Waals surface area contributed by atoms with Crippen molar-refractivity contribution >= 4 is 17.5 Å². The summed E-state index contributed by atoms with van der Waals surface area (Å²) in [6.07, 6.45) is 4.02. The molecular formula is C9H15ClN2O. The zero-order chi connectivity index (χ0) is 9.68. The van der Waals surface area contributed by atoms with Gasteiger partial charge in [0.25, 0.3) is 0 Å². The first-order chi connectivity index (χ1) is 6.24. The Balaban J connectivity index is 2.12. The van der Waals surface area contributed by atoms with Gasteiger partial charge in [0, 0.05) is 18.1 Å². The molecule has 0 aliphatic heterocycles. The zero-order valence-electron chi connectivity index (χ0n) is 7.72. The normalized spacial score (nSPS) is 18.9. The standard InChI is InChI=1S/C9H15ClN2O/c1-7(11-6-2-5-10)9(13)12-8-3-4-8/h2,5,7-8,11H,3-4,6H2,1H3,(H,12,13)/b5-2+. The smallest absolute Gasteiger partial charge is 0.237 e. The van der Waals surface area contributed by atoms with E-state index in [-0.39, 0.29) is 11.9 Å². The van der Waals surface area contributed by atoms with Gasteiger partial charge in [-0.2, -0.15) is 0 Å². The molecule has 74 valence electrons. The molecule has 1 fully saturated rings. The van der Waals surface area contributed by atoms with Gasteiger partial charge >= 0.3 is 0 Å². The molecule has 1 aliphatic carbocycles. The van der Waals surface area contributed by atoms with Crippen molar-refractivity contribution in [2.45, 2.75) is 31.8 Å². The second-order valence-electron chi connectivity index (χ2n) is 3.27. The molecule has 4 heteroatoms. The Morgan fingerprint density at radius 2 is 2.38 bits per heavy atom. The average Bonchev–Trinajstić information content (AvgIpc) is 2.88. The summed E-state index contributed by atoms with van der Waals surface area (Å²) in [5, 5.41) is 5.96. The molecule has 0 aromatic rings. The van der Waals surface area contributed by atoms with Gasteiger partial charge in [0.05, 0.1) is 6.04 Å². The molecular weight excluding hydrogens is 188 g/mol. The molecule has 0 heterocycles. The van der Waals surface area contributed by atoms with E-state index in [0.29, 0.717) is 12.6 Å². The SMILES string of the molecule is CC(NC/C=C/Cl)C(=O)NC1CC1. The molecule has 0 aromatic carbocycles. The van der Waals surface area contributed by atoms with Gasteiger partial charge in [-0.1, -0.05) is 17.7 Å². The van der Waals surface area contributed by atoms with Crippen LogP contribution in [-0.4, -0.2) is 24.5 Å². The fourth-order valence-corrected chi connectivity index (χ4v) is 1.03. The summed E-state index contributed by atoms with van der Waals surface area (Å²) in [7, 11) is 0. The van der Waals surface area contributed by atoms with Crippen molar-refractivity contribution in [3.05, 3.63) is 11.6 Å². The van der Waals surface area contributed by atoms with Crippen molar-refractivity contribution in [2.24, 2.45) is 0 Å². The van der Waals surface area contributed by atoms with Gasteiger partial charge in [0.1, 0.15) is 0 Å². The maximum Gasteiger partial charge on any atom is 0.237 e. The van der Waals surface area contributed by atoms with Gasteiger partial charge < -0.3 is 10.6 Å². The molecule has 1 rings (SSSR count). The third kappa shape index (κ3) is 4.29. The molecule has 1 saturated carbocycles. The number of hydrogen-bond donors (Lipinski definition) is 2. The van der Waals surface area contributed by atoms with Gasteiger partial charge in [-0.25, -0.2) is 0 Å². The van der Waals surface area contributed by atoms with Crippen LogP contribution in [0.1, 0.15) is 19.8 Å². The molecule has 0 radical (unpaired) electrons. The number of carbonyl (C=O) groups excluding carboxylic acids is 1. The predicted octanol–water partition coefficient (Wildman–Crippen LogP) is 0.996. The second-order valence-corrected chi connectivity index (χ2v) is 3.53. The Bertz CT molecular complexity index is 202. The van der Waals surface area contributed by atoms with Crippen LogP contribution in [0, 0.1) is 0 Å². The van der Waals surface area contributed by atoms with E-state index in [1.54, 1.807) is 6.08 Å². The van der Waals surface area contributed by atoms with E-state index >= 15 is 0 Å². The maximum atomic E-state index is 11.4. The van der Waals surface area contributed by atoms with E-state index in [1.807, 2.05) is 6.92 Å². The minimum absolute atomic E-state index is 0.0745. The van der Waals surface area contributed by atoms with Gasteiger partial charge in [-0.3, -0.25) is 4.79 Å². The van der Waals surface area contributed by atoms with Crippen LogP contribution >= 0.6 is 11.6 Å². The van der Waals surface area contributed by atoms with Crippen LogP contribution in [-0.2, 0) is 4.79 Å². The van der Waals surface area contributed by atoms with E-state index in [4.69, 9.17) is 11.6 Å². The zero-order valence-corrected chi connectivity index (χ0v) is 8.47. The van der Waals surface area contributed by atoms with Crippen LogP contribution in [0.25, 0.3) is 0 Å². The highest BCUT2D eigenvalue weighted by Crippen LogP contribution is 2.18. The number of hydrogen-bond acceptors (Lipinski definition) is 2. The molecule has 1 amide bonds. The molecule has 0 bridgehead atoms. The van der Waals surface area contributed by atoms with Crippen molar-refractivity contribution in [3.63, 3.8) is 0 Å². The van der Waals surface area contributed by atoms with Crippen LogP contribution in [0.5, 0.6) is 0 Å². The third-order valence-corrected chi connectivity index (χ3v) is 2.13. The summed E-state index contributed by atoms with van der Waals surface area (Å²) in [5.41, 5.74) is 1.44. The summed E-state index contributed by atoms with van der Waals surface area (Å²) in [6, 6.07) is 0.286. The first kappa shape index (κ1) is 10.5. The van der Waals surface area contributed by atoms with E-state index in [2.05, 4.69) is 10.6 Å². The molecule has 13 heavy (non-hydrogen) atoms. The first-order valence-electron chi connectivity index (χ1n) is 4.53. The van der Waals surface area contributed by atoms with E-state index < -0.39 is 0 Å². The fourth-order valence-electron chi connectivity index (χ4n) is 0.936. The second kappa shape index (κ2) is 5.25. The van der Waals surface area contributed by atoms with Crippen molar-refractivity contribution < 1.29 is 4.79 Å². The Morgan fingerprint density at radius 3 is 2.92 bits per heavy atom. The minimum atomic E-state index is -0.145. The van der Waals surface area contributed by atoms with Crippen molar-refractivity contribution in [2.75, 3.05) is 6.54 Å². The minimum Gasteiger partial charge on any atom is -0.352 e. The monoisotopic (exact) mass is 202 g/mol. The largest absolute Gasteiger partial charge is 0.352 e.